The third-order valence-corrected chi connectivity index (χ3v) is 3.91. The Morgan fingerprint density at radius 2 is 1.65 bits per heavy atom. The van der Waals surface area contributed by atoms with Crippen LogP contribution in [0.3, 0.4) is 0 Å². The number of carbonyl (C=O) groups is 2. The van der Waals surface area contributed by atoms with Crippen molar-refractivity contribution in [3.8, 4) is 0 Å². The first-order valence-corrected chi connectivity index (χ1v) is 6.59. The number of esters is 2. The molecule has 0 fully saturated rings. The monoisotopic (exact) mass is 267 g/mol. The molecule has 7 nitrogen and oxygen atoms in total. The van der Waals surface area contributed by atoms with Crippen LogP contribution >= 0.6 is 0 Å². The van der Waals surface area contributed by atoms with Gasteiger partial charge in [-0.05, 0) is 6.92 Å². The molecule has 0 atom stereocenters. The summed E-state index contributed by atoms with van der Waals surface area (Å²) in [7, 11) is -1.17. The van der Waals surface area contributed by atoms with Crippen molar-refractivity contribution in [3.05, 3.63) is 0 Å². The third-order valence-electron chi connectivity index (χ3n) is 2.08. The summed E-state index contributed by atoms with van der Waals surface area (Å²) in [5.74, 6) is -1.36. The number of ether oxygens (including phenoxy) is 2. The highest BCUT2D eigenvalue weighted by atomic mass is 32.2. The maximum atomic E-state index is 11.6. The minimum absolute atomic E-state index is 0.0993. The van der Waals surface area contributed by atoms with Gasteiger partial charge in [-0.3, -0.25) is 9.59 Å². The first kappa shape index (κ1) is 15.9. The Labute approximate surface area is 101 Å². The summed E-state index contributed by atoms with van der Waals surface area (Å²) in [6.07, 6.45) is -0.104. The molecular formula is C9H17NO6S. The standard InChI is InChI=1S/C9H17NO6S/c1-4-17(13,14)10(7-9(12)16-3)6-5-8(11)15-2/h4-7H2,1-3H3. The number of nitrogens with zero attached hydrogens (tertiary/aromatic N) is 1. The molecule has 0 aliphatic carbocycles. The molecule has 100 valence electrons. The summed E-state index contributed by atoms with van der Waals surface area (Å²) in [4.78, 5) is 22.0. The molecule has 0 bridgehead atoms. The molecule has 0 N–H and O–H groups in total. The van der Waals surface area contributed by atoms with Gasteiger partial charge in [0.25, 0.3) is 0 Å². The van der Waals surface area contributed by atoms with Crippen molar-refractivity contribution in [1.82, 2.24) is 4.31 Å². The molecule has 0 saturated heterocycles. The van der Waals surface area contributed by atoms with E-state index in [-0.39, 0.29) is 18.7 Å². The lowest BCUT2D eigenvalue weighted by atomic mass is 10.4. The van der Waals surface area contributed by atoms with E-state index in [1.165, 1.54) is 21.1 Å². The Bertz CT molecular complexity index is 364. The van der Waals surface area contributed by atoms with Crippen molar-refractivity contribution in [2.75, 3.05) is 33.1 Å². The fourth-order valence-corrected chi connectivity index (χ4v) is 2.06. The second-order valence-corrected chi connectivity index (χ2v) is 5.39. The van der Waals surface area contributed by atoms with Gasteiger partial charge in [0.15, 0.2) is 0 Å². The predicted molar refractivity (Wildman–Crippen MR) is 59.7 cm³/mol. The van der Waals surface area contributed by atoms with E-state index in [1.807, 2.05) is 0 Å². The normalized spacial score (nSPS) is 11.3. The van der Waals surface area contributed by atoms with Crippen LogP contribution < -0.4 is 0 Å². The zero-order valence-electron chi connectivity index (χ0n) is 10.1. The highest BCUT2D eigenvalue weighted by Crippen LogP contribution is 2.04. The Morgan fingerprint density at radius 1 is 1.12 bits per heavy atom. The van der Waals surface area contributed by atoms with Gasteiger partial charge in [0, 0.05) is 6.54 Å². The molecule has 0 aromatic heterocycles. The van der Waals surface area contributed by atoms with Crippen molar-refractivity contribution in [2.45, 2.75) is 13.3 Å². The molecule has 0 spiro atoms. The lowest BCUT2D eigenvalue weighted by Gasteiger charge is -2.19. The van der Waals surface area contributed by atoms with Crippen LogP contribution in [0, 0.1) is 0 Å². The zero-order valence-corrected chi connectivity index (χ0v) is 10.9. The number of carbonyl (C=O) groups excluding carboxylic acids is 2. The van der Waals surface area contributed by atoms with E-state index in [9.17, 15) is 18.0 Å². The van der Waals surface area contributed by atoms with Gasteiger partial charge >= 0.3 is 11.9 Å². The summed E-state index contributed by atoms with van der Waals surface area (Å²) in [5, 5.41) is 0. The zero-order chi connectivity index (χ0) is 13.5. The Balaban J connectivity index is 4.63. The van der Waals surface area contributed by atoms with Crippen LogP contribution in [0.25, 0.3) is 0 Å². The number of sulfonamides is 1. The maximum Gasteiger partial charge on any atom is 0.321 e. The number of hydrogen-bond acceptors (Lipinski definition) is 6. The van der Waals surface area contributed by atoms with E-state index in [1.54, 1.807) is 0 Å². The fourth-order valence-electron chi connectivity index (χ4n) is 1.03. The van der Waals surface area contributed by atoms with Crippen LogP contribution in [0.5, 0.6) is 0 Å². The Morgan fingerprint density at radius 3 is 2.06 bits per heavy atom. The maximum absolute atomic E-state index is 11.6. The molecule has 0 unspecified atom stereocenters. The predicted octanol–water partition coefficient (Wildman–Crippen LogP) is -0.626. The van der Waals surface area contributed by atoms with Gasteiger partial charge in [-0.1, -0.05) is 0 Å². The topological polar surface area (TPSA) is 90.0 Å². The molecule has 0 radical (unpaired) electrons. The molecule has 8 heteroatoms. The van der Waals surface area contributed by atoms with Crippen molar-refractivity contribution in [1.29, 1.82) is 0 Å². The highest BCUT2D eigenvalue weighted by molar-refractivity contribution is 7.89. The largest absolute Gasteiger partial charge is 0.469 e. The summed E-state index contributed by atoms with van der Waals surface area (Å²) in [5.41, 5.74) is 0. The minimum Gasteiger partial charge on any atom is -0.469 e. The van der Waals surface area contributed by atoms with Crippen molar-refractivity contribution in [3.63, 3.8) is 0 Å². The van der Waals surface area contributed by atoms with E-state index < -0.39 is 28.5 Å². The average Bonchev–Trinajstić information content (AvgIpc) is 2.33. The van der Waals surface area contributed by atoms with Gasteiger partial charge in [-0.2, -0.15) is 4.31 Å². The molecule has 0 aliphatic rings. The van der Waals surface area contributed by atoms with E-state index in [2.05, 4.69) is 9.47 Å². The molecule has 0 aromatic rings. The van der Waals surface area contributed by atoms with Gasteiger partial charge in [0.2, 0.25) is 10.0 Å². The number of hydrogen-bond donors (Lipinski definition) is 0. The van der Waals surface area contributed by atoms with Crippen LogP contribution in [0.2, 0.25) is 0 Å². The Hall–Kier alpha value is -1.15. The molecule has 0 amide bonds. The van der Waals surface area contributed by atoms with E-state index >= 15 is 0 Å². The molecule has 0 saturated carbocycles. The first-order valence-electron chi connectivity index (χ1n) is 4.98. The second-order valence-electron chi connectivity index (χ2n) is 3.14. The van der Waals surface area contributed by atoms with Crippen molar-refractivity contribution < 1.29 is 27.5 Å². The van der Waals surface area contributed by atoms with E-state index in [0.717, 1.165) is 4.31 Å². The first-order chi connectivity index (χ1) is 7.87. The molecule has 0 heterocycles. The third kappa shape index (κ3) is 5.64. The van der Waals surface area contributed by atoms with E-state index in [4.69, 9.17) is 0 Å². The highest BCUT2D eigenvalue weighted by Gasteiger charge is 2.23. The second kappa shape index (κ2) is 7.23. The molecule has 0 aromatic carbocycles. The van der Waals surface area contributed by atoms with E-state index in [0.29, 0.717) is 0 Å². The van der Waals surface area contributed by atoms with Crippen molar-refractivity contribution in [2.24, 2.45) is 0 Å². The molecular weight excluding hydrogens is 250 g/mol. The lowest BCUT2D eigenvalue weighted by Crippen LogP contribution is -2.38. The van der Waals surface area contributed by atoms with Crippen LogP contribution in [-0.4, -0.2) is 57.7 Å². The van der Waals surface area contributed by atoms with Crippen LogP contribution in [-0.2, 0) is 29.1 Å². The summed E-state index contributed by atoms with van der Waals surface area (Å²) in [6, 6.07) is 0. The summed E-state index contributed by atoms with van der Waals surface area (Å²) >= 11 is 0. The average molecular weight is 267 g/mol. The molecule has 0 aliphatic heterocycles. The summed E-state index contributed by atoms with van der Waals surface area (Å²) < 4.78 is 32.9. The number of methoxy groups -OCH3 is 2. The minimum atomic E-state index is -3.54. The van der Waals surface area contributed by atoms with Gasteiger partial charge < -0.3 is 9.47 Å². The van der Waals surface area contributed by atoms with Gasteiger partial charge in [0.1, 0.15) is 6.54 Å². The van der Waals surface area contributed by atoms with Crippen LogP contribution in [0.1, 0.15) is 13.3 Å². The van der Waals surface area contributed by atoms with Crippen LogP contribution in [0.4, 0.5) is 0 Å². The van der Waals surface area contributed by atoms with Gasteiger partial charge in [-0.25, -0.2) is 8.42 Å². The van der Waals surface area contributed by atoms with Crippen molar-refractivity contribution >= 4 is 22.0 Å². The van der Waals surface area contributed by atoms with Gasteiger partial charge in [0.05, 0.1) is 26.4 Å². The number of rotatable bonds is 7. The smallest absolute Gasteiger partial charge is 0.321 e. The summed E-state index contributed by atoms with van der Waals surface area (Å²) in [6.45, 7) is 0.958. The Kier molecular flexibility index (Phi) is 6.74. The SMILES string of the molecule is CCS(=O)(=O)N(CCC(=O)OC)CC(=O)OC. The quantitative estimate of drug-likeness (QED) is 0.571. The van der Waals surface area contributed by atoms with Crippen LogP contribution in [0.15, 0.2) is 0 Å². The van der Waals surface area contributed by atoms with Gasteiger partial charge in [-0.15, -0.1) is 0 Å². The lowest BCUT2D eigenvalue weighted by molar-refractivity contribution is -0.143. The molecule has 17 heavy (non-hydrogen) atoms. The fraction of sp³-hybridized carbons (Fsp3) is 0.778. The molecule has 0 rings (SSSR count).